The van der Waals surface area contributed by atoms with Crippen LogP contribution in [0.1, 0.15) is 34.9 Å². The molecule has 0 saturated carbocycles. The molecule has 3 rings (SSSR count). The van der Waals surface area contributed by atoms with Crippen molar-refractivity contribution in [2.45, 2.75) is 26.3 Å². The van der Waals surface area contributed by atoms with Gasteiger partial charge >= 0.3 is 0 Å². The number of nitrogens with zero attached hydrogens (tertiary/aromatic N) is 3. The molecule has 1 aromatic heterocycles. The Kier molecular flexibility index (Phi) is 5.50. The number of piperidine rings is 1. The summed E-state index contributed by atoms with van der Waals surface area (Å²) in [6.45, 7) is 3.07. The Morgan fingerprint density at radius 1 is 1.27 bits per heavy atom. The Balaban J connectivity index is 1.48. The zero-order valence-corrected chi connectivity index (χ0v) is 14.9. The molecule has 2 amide bonds. The molecule has 1 aromatic carbocycles. The number of aromatic nitrogens is 2. The number of ether oxygens (including phenoxy) is 1. The number of carbonyl (C=O) groups excluding carboxylic acids is 2. The van der Waals surface area contributed by atoms with Gasteiger partial charge in [-0.05, 0) is 44.0 Å². The minimum atomic E-state index is -0.112. The topological polar surface area (TPSA) is 97.6 Å². The molecule has 0 bridgehead atoms. The summed E-state index contributed by atoms with van der Waals surface area (Å²) < 4.78 is 10.1. The first kappa shape index (κ1) is 17.9. The Bertz CT molecular complexity index is 764. The van der Waals surface area contributed by atoms with Gasteiger partial charge in [0.2, 0.25) is 11.8 Å². The zero-order valence-electron chi connectivity index (χ0n) is 14.9. The third-order valence-corrected chi connectivity index (χ3v) is 4.47. The maximum absolute atomic E-state index is 12.5. The second-order valence-corrected chi connectivity index (χ2v) is 6.25. The van der Waals surface area contributed by atoms with Crippen molar-refractivity contribution in [2.75, 3.05) is 20.2 Å². The van der Waals surface area contributed by atoms with E-state index in [0.717, 1.165) is 0 Å². The highest BCUT2D eigenvalue weighted by Gasteiger charge is 2.28. The van der Waals surface area contributed by atoms with Crippen LogP contribution in [0.25, 0.3) is 0 Å². The van der Waals surface area contributed by atoms with E-state index in [1.807, 2.05) is 0 Å². The van der Waals surface area contributed by atoms with Gasteiger partial charge in [-0.2, -0.15) is 4.98 Å². The number of hydrogen-bond acceptors (Lipinski definition) is 6. The summed E-state index contributed by atoms with van der Waals surface area (Å²) in [5.74, 6) is 1.47. The van der Waals surface area contributed by atoms with Crippen molar-refractivity contribution in [1.82, 2.24) is 20.4 Å². The third-order valence-electron chi connectivity index (χ3n) is 4.47. The van der Waals surface area contributed by atoms with Crippen LogP contribution in [0.2, 0.25) is 0 Å². The van der Waals surface area contributed by atoms with E-state index in [1.54, 1.807) is 43.2 Å². The second kappa shape index (κ2) is 7.99. The molecule has 0 atom stereocenters. The number of benzene rings is 1. The van der Waals surface area contributed by atoms with Gasteiger partial charge in [0.15, 0.2) is 5.82 Å². The van der Waals surface area contributed by atoms with Crippen molar-refractivity contribution >= 4 is 11.8 Å². The van der Waals surface area contributed by atoms with Gasteiger partial charge in [-0.3, -0.25) is 9.59 Å². The lowest BCUT2D eigenvalue weighted by atomic mass is 9.95. The lowest BCUT2D eigenvalue weighted by Gasteiger charge is -2.31. The monoisotopic (exact) mass is 358 g/mol. The predicted molar refractivity (Wildman–Crippen MR) is 92.5 cm³/mol. The minimum absolute atomic E-state index is 0.0205. The number of nitrogens with one attached hydrogen (secondary N) is 1. The molecular formula is C18H22N4O4. The Morgan fingerprint density at radius 2 is 1.96 bits per heavy atom. The van der Waals surface area contributed by atoms with Crippen LogP contribution >= 0.6 is 0 Å². The van der Waals surface area contributed by atoms with E-state index >= 15 is 0 Å². The molecule has 138 valence electrons. The maximum atomic E-state index is 12.5. The van der Waals surface area contributed by atoms with Crippen LogP contribution in [0.3, 0.4) is 0 Å². The normalized spacial score (nSPS) is 14.9. The van der Waals surface area contributed by atoms with Crippen LogP contribution in [0.15, 0.2) is 28.8 Å². The summed E-state index contributed by atoms with van der Waals surface area (Å²) in [5.41, 5.74) is 0.625. The van der Waals surface area contributed by atoms with E-state index in [4.69, 9.17) is 9.26 Å². The lowest BCUT2D eigenvalue weighted by Crippen LogP contribution is -2.42. The molecule has 8 heteroatoms. The van der Waals surface area contributed by atoms with Crippen LogP contribution in [0, 0.1) is 12.8 Å². The lowest BCUT2D eigenvalue weighted by molar-refractivity contribution is -0.126. The molecular weight excluding hydrogens is 336 g/mol. The zero-order chi connectivity index (χ0) is 18.5. The van der Waals surface area contributed by atoms with Gasteiger partial charge in [0.25, 0.3) is 5.91 Å². The summed E-state index contributed by atoms with van der Waals surface area (Å²) in [6, 6.07) is 7.05. The molecule has 2 heterocycles. The van der Waals surface area contributed by atoms with Crippen molar-refractivity contribution in [2.24, 2.45) is 5.92 Å². The Morgan fingerprint density at radius 3 is 2.54 bits per heavy atom. The average molecular weight is 358 g/mol. The first-order valence-electron chi connectivity index (χ1n) is 8.57. The highest BCUT2D eigenvalue weighted by Crippen LogP contribution is 2.20. The SMILES string of the molecule is COc1ccc(C(=O)N2CCC(C(=O)NCc3nc(C)no3)CC2)cc1. The largest absolute Gasteiger partial charge is 0.497 e. The number of amides is 2. The molecule has 1 saturated heterocycles. The number of carbonyl (C=O) groups is 2. The fourth-order valence-corrected chi connectivity index (χ4v) is 2.98. The van der Waals surface area contributed by atoms with Crippen molar-refractivity contribution in [1.29, 1.82) is 0 Å². The summed E-state index contributed by atoms with van der Waals surface area (Å²) in [6.07, 6.45) is 1.27. The van der Waals surface area contributed by atoms with Gasteiger partial charge in [0.1, 0.15) is 5.75 Å². The number of hydrogen-bond donors (Lipinski definition) is 1. The van der Waals surface area contributed by atoms with Crippen molar-refractivity contribution < 1.29 is 18.8 Å². The highest BCUT2D eigenvalue weighted by molar-refractivity contribution is 5.94. The highest BCUT2D eigenvalue weighted by atomic mass is 16.5. The quantitative estimate of drug-likeness (QED) is 0.871. The molecule has 1 N–H and O–H groups in total. The van der Waals surface area contributed by atoms with E-state index in [0.29, 0.717) is 49.0 Å². The summed E-state index contributed by atoms with van der Waals surface area (Å²) in [4.78, 5) is 30.7. The fraction of sp³-hybridized carbons (Fsp3) is 0.444. The smallest absolute Gasteiger partial charge is 0.253 e. The molecule has 0 radical (unpaired) electrons. The molecule has 0 spiro atoms. The maximum Gasteiger partial charge on any atom is 0.253 e. The van der Waals surface area contributed by atoms with Gasteiger partial charge < -0.3 is 19.5 Å². The Labute approximate surface area is 151 Å². The number of rotatable bonds is 5. The van der Waals surface area contributed by atoms with E-state index < -0.39 is 0 Å². The van der Waals surface area contributed by atoms with Crippen LogP contribution < -0.4 is 10.1 Å². The van der Waals surface area contributed by atoms with Crippen molar-refractivity contribution in [3.05, 3.63) is 41.5 Å². The molecule has 2 aromatic rings. The number of likely N-dealkylation sites (tertiary alicyclic amines) is 1. The molecule has 8 nitrogen and oxygen atoms in total. The molecule has 1 aliphatic heterocycles. The fourth-order valence-electron chi connectivity index (χ4n) is 2.98. The summed E-state index contributed by atoms with van der Waals surface area (Å²) in [7, 11) is 1.59. The van der Waals surface area contributed by atoms with Gasteiger partial charge in [0.05, 0.1) is 13.7 Å². The molecule has 0 unspecified atom stereocenters. The molecule has 1 fully saturated rings. The van der Waals surface area contributed by atoms with E-state index in [9.17, 15) is 9.59 Å². The van der Waals surface area contributed by atoms with Gasteiger partial charge in [-0.15, -0.1) is 0 Å². The van der Waals surface area contributed by atoms with Crippen molar-refractivity contribution in [3.63, 3.8) is 0 Å². The van der Waals surface area contributed by atoms with Crippen LogP contribution in [0.4, 0.5) is 0 Å². The van der Waals surface area contributed by atoms with E-state index in [2.05, 4.69) is 15.5 Å². The predicted octanol–water partition coefficient (Wildman–Crippen LogP) is 1.56. The Hall–Kier alpha value is -2.90. The number of aryl methyl sites for hydroxylation is 1. The van der Waals surface area contributed by atoms with E-state index in [1.165, 1.54) is 0 Å². The van der Waals surface area contributed by atoms with Crippen LogP contribution in [-0.2, 0) is 11.3 Å². The first-order valence-corrected chi connectivity index (χ1v) is 8.57. The standard InChI is InChI=1S/C18H22N4O4/c1-12-20-16(26-21-12)11-19-17(23)13-7-9-22(10-8-13)18(24)14-3-5-15(25-2)6-4-14/h3-6,13H,7-11H2,1-2H3,(H,19,23). The third kappa shape index (κ3) is 4.19. The summed E-state index contributed by atoms with van der Waals surface area (Å²) >= 11 is 0. The van der Waals surface area contributed by atoms with E-state index in [-0.39, 0.29) is 24.3 Å². The average Bonchev–Trinajstić information content (AvgIpc) is 3.11. The minimum Gasteiger partial charge on any atom is -0.497 e. The second-order valence-electron chi connectivity index (χ2n) is 6.25. The molecule has 0 aliphatic carbocycles. The molecule has 26 heavy (non-hydrogen) atoms. The van der Waals surface area contributed by atoms with Crippen LogP contribution in [0.5, 0.6) is 5.75 Å². The van der Waals surface area contributed by atoms with Gasteiger partial charge in [-0.1, -0.05) is 5.16 Å². The van der Waals surface area contributed by atoms with Crippen molar-refractivity contribution in [3.8, 4) is 5.75 Å². The molecule has 1 aliphatic rings. The van der Waals surface area contributed by atoms with Gasteiger partial charge in [-0.25, -0.2) is 0 Å². The number of methoxy groups -OCH3 is 1. The van der Waals surface area contributed by atoms with Crippen LogP contribution in [-0.4, -0.2) is 47.1 Å². The first-order chi connectivity index (χ1) is 12.6. The summed E-state index contributed by atoms with van der Waals surface area (Å²) in [5, 5.41) is 6.50. The van der Waals surface area contributed by atoms with Gasteiger partial charge in [0, 0.05) is 24.6 Å².